The number of halogens is 2. The number of hydrogen-bond acceptors (Lipinski definition) is 5. The van der Waals surface area contributed by atoms with Crippen LogP contribution in [-0.2, 0) is 6.61 Å². The Morgan fingerprint density at radius 1 is 0.935 bits per heavy atom. The summed E-state index contributed by atoms with van der Waals surface area (Å²) in [6, 6.07) is 13.4. The minimum absolute atomic E-state index is 0.121. The van der Waals surface area contributed by atoms with Gasteiger partial charge < -0.3 is 18.9 Å². The van der Waals surface area contributed by atoms with Crippen molar-refractivity contribution in [3.8, 4) is 23.0 Å². The maximum Gasteiger partial charge on any atom is 0.231 e. The molecule has 4 rings (SSSR count). The number of ketones is 1. The lowest BCUT2D eigenvalue weighted by atomic mass is 10.1. The number of fused-ring (bicyclic) bond motifs is 1. The van der Waals surface area contributed by atoms with Crippen molar-refractivity contribution in [3.63, 3.8) is 0 Å². The third-order valence-corrected chi connectivity index (χ3v) is 4.81. The first-order valence-corrected chi connectivity index (χ1v) is 9.36. The fourth-order valence-corrected chi connectivity index (χ4v) is 3.16. The van der Waals surface area contributed by atoms with E-state index in [4.69, 9.17) is 18.9 Å². The number of benzene rings is 3. The Labute approximate surface area is 177 Å². The van der Waals surface area contributed by atoms with Crippen LogP contribution >= 0.6 is 0 Å². The number of hydrogen-bond donors (Lipinski definition) is 0. The van der Waals surface area contributed by atoms with Crippen molar-refractivity contribution < 1.29 is 32.5 Å². The molecule has 0 saturated heterocycles. The predicted octanol–water partition coefficient (Wildman–Crippen LogP) is 5.18. The number of ether oxygens (including phenoxy) is 4. The summed E-state index contributed by atoms with van der Waals surface area (Å²) in [5, 5.41) is 0. The second kappa shape index (κ2) is 8.47. The predicted molar refractivity (Wildman–Crippen MR) is 110 cm³/mol. The highest BCUT2D eigenvalue weighted by molar-refractivity contribution is 6.14. The van der Waals surface area contributed by atoms with Gasteiger partial charge in [0.2, 0.25) is 5.78 Å². The van der Waals surface area contributed by atoms with E-state index in [1.54, 1.807) is 43.5 Å². The maximum absolute atomic E-state index is 13.8. The quantitative estimate of drug-likeness (QED) is 0.511. The van der Waals surface area contributed by atoms with E-state index in [1.807, 2.05) is 0 Å². The van der Waals surface area contributed by atoms with Crippen molar-refractivity contribution in [2.45, 2.75) is 6.61 Å². The molecule has 0 aromatic heterocycles. The van der Waals surface area contributed by atoms with Gasteiger partial charge in [0.15, 0.2) is 5.76 Å². The zero-order valence-corrected chi connectivity index (χ0v) is 16.8. The van der Waals surface area contributed by atoms with E-state index in [0.717, 1.165) is 12.1 Å². The smallest absolute Gasteiger partial charge is 0.231 e. The summed E-state index contributed by atoms with van der Waals surface area (Å²) in [4.78, 5) is 12.7. The first kappa shape index (κ1) is 20.4. The van der Waals surface area contributed by atoms with Crippen LogP contribution in [0.5, 0.6) is 23.0 Å². The Bertz CT molecular complexity index is 1170. The standard InChI is InChI=1S/C24H18F2O5/c1-28-15-7-6-14(21(11-15)29-2)10-23-24(27)17-9-8-16(12-22(17)31-23)30-13-18-19(25)4-3-5-20(18)26/h3-12H,13H2,1-2H3/b23-10-. The molecule has 0 amide bonds. The lowest BCUT2D eigenvalue weighted by molar-refractivity contribution is 0.101. The molecule has 0 atom stereocenters. The molecule has 0 unspecified atom stereocenters. The SMILES string of the molecule is COc1ccc(/C=C2\Oc3cc(OCc4c(F)cccc4F)ccc3C2=O)c(OC)c1. The maximum atomic E-state index is 13.8. The topological polar surface area (TPSA) is 54.0 Å². The van der Waals surface area contributed by atoms with Gasteiger partial charge >= 0.3 is 0 Å². The minimum Gasteiger partial charge on any atom is -0.497 e. The summed E-state index contributed by atoms with van der Waals surface area (Å²) < 4.78 is 49.3. The van der Waals surface area contributed by atoms with Gasteiger partial charge in [0.25, 0.3) is 0 Å². The van der Waals surface area contributed by atoms with Crippen LogP contribution in [0, 0.1) is 11.6 Å². The van der Waals surface area contributed by atoms with Crippen molar-refractivity contribution in [1.29, 1.82) is 0 Å². The molecule has 158 valence electrons. The molecule has 0 saturated carbocycles. The molecule has 31 heavy (non-hydrogen) atoms. The molecule has 1 heterocycles. The highest BCUT2D eigenvalue weighted by atomic mass is 19.1. The fraction of sp³-hybridized carbons (Fsp3) is 0.125. The van der Waals surface area contributed by atoms with Crippen molar-refractivity contribution in [2.24, 2.45) is 0 Å². The highest BCUT2D eigenvalue weighted by Crippen LogP contribution is 2.36. The second-order valence-electron chi connectivity index (χ2n) is 6.69. The average molecular weight is 424 g/mol. The number of Topliss-reactive ketones (excluding diaryl/α,β-unsaturated/α-hetero) is 1. The van der Waals surface area contributed by atoms with Crippen molar-refractivity contribution >= 4 is 11.9 Å². The van der Waals surface area contributed by atoms with E-state index in [0.29, 0.717) is 34.1 Å². The summed E-state index contributed by atoms with van der Waals surface area (Å²) in [6.07, 6.45) is 1.58. The van der Waals surface area contributed by atoms with Crippen molar-refractivity contribution in [1.82, 2.24) is 0 Å². The van der Waals surface area contributed by atoms with Gasteiger partial charge in [-0.1, -0.05) is 6.07 Å². The Morgan fingerprint density at radius 3 is 2.39 bits per heavy atom. The van der Waals surface area contributed by atoms with Crippen LogP contribution in [0.3, 0.4) is 0 Å². The Hall–Kier alpha value is -3.87. The van der Waals surface area contributed by atoms with Gasteiger partial charge in [0, 0.05) is 17.7 Å². The van der Waals surface area contributed by atoms with Crippen molar-refractivity contribution in [2.75, 3.05) is 14.2 Å². The Morgan fingerprint density at radius 2 is 1.68 bits per heavy atom. The zero-order valence-electron chi connectivity index (χ0n) is 16.8. The van der Waals surface area contributed by atoms with E-state index in [1.165, 1.54) is 19.2 Å². The molecule has 0 fully saturated rings. The monoisotopic (exact) mass is 424 g/mol. The molecular formula is C24H18F2O5. The molecule has 1 aliphatic heterocycles. The summed E-state index contributed by atoms with van der Waals surface area (Å²) in [5.41, 5.74) is 0.835. The Kier molecular flexibility index (Phi) is 5.58. The Balaban J connectivity index is 1.55. The third kappa shape index (κ3) is 4.07. The molecule has 3 aromatic carbocycles. The highest BCUT2D eigenvalue weighted by Gasteiger charge is 2.28. The van der Waals surface area contributed by atoms with E-state index in [-0.39, 0.29) is 23.7 Å². The van der Waals surface area contributed by atoms with E-state index in [9.17, 15) is 13.6 Å². The summed E-state index contributed by atoms with van der Waals surface area (Å²) in [6.45, 7) is -0.295. The van der Waals surface area contributed by atoms with Gasteiger partial charge in [-0.05, 0) is 42.5 Å². The lowest BCUT2D eigenvalue weighted by Crippen LogP contribution is -2.01. The van der Waals surface area contributed by atoms with E-state index < -0.39 is 11.6 Å². The van der Waals surface area contributed by atoms with Crippen LogP contribution in [0.4, 0.5) is 8.78 Å². The minimum atomic E-state index is -0.689. The van der Waals surface area contributed by atoms with Gasteiger partial charge in [-0.25, -0.2) is 8.78 Å². The summed E-state index contributed by atoms with van der Waals surface area (Å²) in [7, 11) is 3.07. The van der Waals surface area contributed by atoms with Crippen LogP contribution in [-0.4, -0.2) is 20.0 Å². The molecule has 3 aromatic rings. The van der Waals surface area contributed by atoms with Crippen LogP contribution < -0.4 is 18.9 Å². The van der Waals surface area contributed by atoms with Gasteiger partial charge in [0.05, 0.1) is 25.3 Å². The van der Waals surface area contributed by atoms with E-state index in [2.05, 4.69) is 0 Å². The van der Waals surface area contributed by atoms with E-state index >= 15 is 0 Å². The molecule has 1 aliphatic rings. The molecule has 5 nitrogen and oxygen atoms in total. The van der Waals surface area contributed by atoms with Crippen LogP contribution in [0.25, 0.3) is 6.08 Å². The van der Waals surface area contributed by atoms with Gasteiger partial charge in [-0.3, -0.25) is 4.79 Å². The first-order valence-electron chi connectivity index (χ1n) is 9.36. The molecule has 0 aliphatic carbocycles. The largest absolute Gasteiger partial charge is 0.497 e. The van der Waals surface area contributed by atoms with Gasteiger partial charge in [-0.2, -0.15) is 0 Å². The number of carbonyl (C=O) groups excluding carboxylic acids is 1. The third-order valence-electron chi connectivity index (χ3n) is 4.81. The van der Waals surface area contributed by atoms with Crippen LogP contribution in [0.15, 0.2) is 60.4 Å². The molecule has 7 heteroatoms. The number of rotatable bonds is 6. The molecule has 0 radical (unpaired) electrons. The molecule has 0 N–H and O–H groups in total. The first-order chi connectivity index (χ1) is 15.0. The summed E-state index contributed by atoms with van der Waals surface area (Å²) >= 11 is 0. The average Bonchev–Trinajstić information content (AvgIpc) is 3.08. The number of methoxy groups -OCH3 is 2. The summed E-state index contributed by atoms with van der Waals surface area (Å²) in [5.74, 6) is 0.213. The van der Waals surface area contributed by atoms with Gasteiger partial charge in [-0.15, -0.1) is 0 Å². The normalized spacial score (nSPS) is 13.7. The molecular weight excluding hydrogens is 406 g/mol. The van der Waals surface area contributed by atoms with Gasteiger partial charge in [0.1, 0.15) is 41.2 Å². The fourth-order valence-electron chi connectivity index (χ4n) is 3.16. The van der Waals surface area contributed by atoms with Crippen LogP contribution in [0.1, 0.15) is 21.5 Å². The van der Waals surface area contributed by atoms with Crippen molar-refractivity contribution in [3.05, 3.63) is 88.7 Å². The lowest BCUT2D eigenvalue weighted by Gasteiger charge is -2.09. The molecule has 0 spiro atoms. The van der Waals surface area contributed by atoms with Crippen LogP contribution in [0.2, 0.25) is 0 Å². The zero-order chi connectivity index (χ0) is 22.0. The number of allylic oxidation sites excluding steroid dienone is 1. The second-order valence-corrected chi connectivity index (χ2v) is 6.69. The molecule has 0 bridgehead atoms. The number of carbonyl (C=O) groups is 1.